The quantitative estimate of drug-likeness (QED) is 0.158. The molecular weight excluding hydrogens is 741 g/mol. The second-order valence-corrected chi connectivity index (χ2v) is 15.1. The van der Waals surface area contributed by atoms with Crippen LogP contribution in [0, 0.1) is 0 Å². The smallest absolute Gasteiger partial charge is 0.238 e. The van der Waals surface area contributed by atoms with Gasteiger partial charge in [-0.15, -0.1) is 0 Å². The first-order chi connectivity index (χ1) is 32.8. The minimum absolute atomic E-state index is 0.0916. The summed E-state index contributed by atoms with van der Waals surface area (Å²) >= 11 is 0. The van der Waals surface area contributed by atoms with Gasteiger partial charge in [0.05, 0.1) is 19.3 Å². The van der Waals surface area contributed by atoms with Crippen molar-refractivity contribution < 1.29 is 8.22 Å². The number of rotatable bonds is 6. The molecular formula is C57H36N4. The van der Waals surface area contributed by atoms with E-state index in [4.69, 9.17) is 15.0 Å². The molecule has 0 aliphatic carbocycles. The Morgan fingerprint density at radius 1 is 0.344 bits per heavy atom. The lowest BCUT2D eigenvalue weighted by molar-refractivity contribution is 0.954. The van der Waals surface area contributed by atoms with E-state index in [-0.39, 0.29) is 53.1 Å². The lowest BCUT2D eigenvalue weighted by atomic mass is 9.93. The molecule has 0 aliphatic heterocycles. The topological polar surface area (TPSA) is 43.6 Å². The molecule has 10 aromatic carbocycles. The van der Waals surface area contributed by atoms with Crippen LogP contribution in [0.5, 0.6) is 0 Å². The van der Waals surface area contributed by atoms with E-state index in [0.717, 1.165) is 43.4 Å². The summed E-state index contributed by atoms with van der Waals surface area (Å²) in [6, 6.07) is 57.9. The summed E-state index contributed by atoms with van der Waals surface area (Å²) in [5, 5.41) is 7.19. The highest BCUT2D eigenvalue weighted by molar-refractivity contribution is 6.25. The summed E-state index contributed by atoms with van der Waals surface area (Å²) < 4.78 is 58.9. The van der Waals surface area contributed by atoms with Gasteiger partial charge in [-0.3, -0.25) is 4.57 Å². The second kappa shape index (κ2) is 14.3. The fourth-order valence-electron chi connectivity index (χ4n) is 8.80. The van der Waals surface area contributed by atoms with Crippen molar-refractivity contribution in [1.29, 1.82) is 0 Å². The second-order valence-electron chi connectivity index (χ2n) is 15.1. The van der Waals surface area contributed by atoms with Crippen LogP contribution in [0.1, 0.15) is 8.22 Å². The first-order valence-electron chi connectivity index (χ1n) is 23.2. The lowest BCUT2D eigenvalue weighted by Gasteiger charge is -2.14. The van der Waals surface area contributed by atoms with Crippen LogP contribution in [0.2, 0.25) is 0 Å². The van der Waals surface area contributed by atoms with Crippen molar-refractivity contribution in [2.45, 2.75) is 0 Å². The summed E-state index contributed by atoms with van der Waals surface area (Å²) in [4.78, 5) is 15.6. The molecule has 0 saturated heterocycles. The van der Waals surface area contributed by atoms with Gasteiger partial charge in [0.15, 0.2) is 11.6 Å². The highest BCUT2D eigenvalue weighted by Crippen LogP contribution is 2.43. The maximum absolute atomic E-state index is 9.72. The van der Waals surface area contributed by atoms with Crippen molar-refractivity contribution in [3.63, 3.8) is 0 Å². The normalized spacial score (nSPS) is 13.0. The van der Waals surface area contributed by atoms with E-state index in [1.54, 1.807) is 4.57 Å². The Kier molecular flexibility index (Phi) is 6.80. The van der Waals surface area contributed by atoms with Gasteiger partial charge in [-0.1, -0.05) is 200 Å². The van der Waals surface area contributed by atoms with Crippen molar-refractivity contribution in [2.75, 3.05) is 0 Å². The van der Waals surface area contributed by atoms with Gasteiger partial charge < -0.3 is 0 Å². The van der Waals surface area contributed by atoms with E-state index in [1.165, 1.54) is 0 Å². The molecule has 0 N–H and O–H groups in total. The Morgan fingerprint density at radius 3 is 1.56 bits per heavy atom. The molecule has 0 radical (unpaired) electrons. The largest absolute Gasteiger partial charge is 0.277 e. The number of fused-ring (bicyclic) bond motifs is 9. The fourth-order valence-corrected chi connectivity index (χ4v) is 8.80. The summed E-state index contributed by atoms with van der Waals surface area (Å²) in [5.41, 5.74) is 5.63. The summed E-state index contributed by atoms with van der Waals surface area (Å²) in [7, 11) is 0. The maximum atomic E-state index is 9.72. The average Bonchev–Trinajstić information content (AvgIpc) is 3.73. The van der Waals surface area contributed by atoms with E-state index in [0.29, 0.717) is 55.9 Å². The van der Waals surface area contributed by atoms with Crippen LogP contribution in [0.4, 0.5) is 0 Å². The predicted molar refractivity (Wildman–Crippen MR) is 254 cm³/mol. The maximum Gasteiger partial charge on any atom is 0.238 e. The Bertz CT molecular complexity index is 3950. The van der Waals surface area contributed by atoms with Gasteiger partial charge >= 0.3 is 0 Å². The molecule has 0 atom stereocenters. The Labute approximate surface area is 361 Å². The molecule has 284 valence electrons. The third-order valence-electron chi connectivity index (χ3n) is 11.6. The van der Waals surface area contributed by atoms with Gasteiger partial charge in [0.2, 0.25) is 5.95 Å². The predicted octanol–water partition coefficient (Wildman–Crippen LogP) is 14.8. The number of hydrogen-bond acceptors (Lipinski definition) is 3. The Hall–Kier alpha value is -8.21. The molecule has 0 amide bonds. The molecule has 4 nitrogen and oxygen atoms in total. The highest BCUT2D eigenvalue weighted by atomic mass is 15.2. The van der Waals surface area contributed by atoms with E-state index in [9.17, 15) is 8.22 Å². The average molecular weight is 783 g/mol. The summed E-state index contributed by atoms with van der Waals surface area (Å²) in [6.45, 7) is 0. The van der Waals surface area contributed by atoms with Crippen molar-refractivity contribution >= 4 is 54.1 Å². The Balaban J connectivity index is 1.25. The molecule has 61 heavy (non-hydrogen) atoms. The number of aromatic nitrogens is 4. The fraction of sp³-hybridized carbons (Fsp3) is 0. The SMILES string of the molecule is [2H]c1c([2H])c(-c2cccc(-c3ccccc3)c2)c2c(c1[2H])c1c(-c3ccccc3)c([2H])c([2H])c([2H])c1n2-c1nc(-c2ccccc2)nc(-c2ccc3c4ccccc4c4ccccc4c3c2)n1. The molecule has 0 fully saturated rings. The molecule has 4 heteroatoms. The van der Waals surface area contributed by atoms with Gasteiger partial charge in [0.25, 0.3) is 0 Å². The number of nitrogens with zero attached hydrogens (tertiary/aromatic N) is 4. The number of para-hydroxylation sites is 1. The standard InChI is InChI=1S/C57H36N4/c1-4-17-37(18-5-1)40-23-14-24-41(35-40)44-30-15-31-50-53-43(38-19-6-2-7-20-38)29-16-32-52(53)61(54(44)50)57-59-55(39-21-8-3-9-22-39)58-56(60-57)42-33-34-49-47-27-11-10-25-45(47)46-26-12-13-28-48(46)51(49)36-42/h1-36H/i15D,16D,29D,30D,31D,32D. The minimum atomic E-state index is -0.321. The Morgan fingerprint density at radius 2 is 0.869 bits per heavy atom. The van der Waals surface area contributed by atoms with E-state index < -0.39 is 0 Å². The molecule has 0 saturated carbocycles. The van der Waals surface area contributed by atoms with E-state index in [2.05, 4.69) is 54.6 Å². The first kappa shape index (κ1) is 29.1. The first-order valence-corrected chi connectivity index (χ1v) is 20.2. The third-order valence-corrected chi connectivity index (χ3v) is 11.6. The van der Waals surface area contributed by atoms with Gasteiger partial charge in [0.1, 0.15) is 0 Å². The van der Waals surface area contributed by atoms with Crippen LogP contribution < -0.4 is 0 Å². The van der Waals surface area contributed by atoms with Gasteiger partial charge in [-0.05, 0) is 78.3 Å². The van der Waals surface area contributed by atoms with Crippen molar-refractivity contribution in [3.05, 3.63) is 218 Å². The number of benzene rings is 10. The zero-order chi connectivity index (χ0) is 45.5. The van der Waals surface area contributed by atoms with Gasteiger partial charge in [-0.2, -0.15) is 9.97 Å². The molecule has 12 aromatic rings. The lowest BCUT2D eigenvalue weighted by Crippen LogP contribution is -2.07. The monoisotopic (exact) mass is 782 g/mol. The van der Waals surface area contributed by atoms with Crippen LogP contribution in [-0.2, 0) is 0 Å². The zero-order valence-corrected chi connectivity index (χ0v) is 32.6. The van der Waals surface area contributed by atoms with E-state index >= 15 is 0 Å². The van der Waals surface area contributed by atoms with Crippen LogP contribution in [0.15, 0.2) is 218 Å². The zero-order valence-electron chi connectivity index (χ0n) is 38.6. The summed E-state index contributed by atoms with van der Waals surface area (Å²) in [5.74, 6) is 0.783. The molecule has 12 rings (SSSR count). The molecule has 0 aliphatic rings. The van der Waals surface area contributed by atoms with Crippen LogP contribution in [-0.4, -0.2) is 19.5 Å². The minimum Gasteiger partial charge on any atom is -0.277 e. The van der Waals surface area contributed by atoms with Crippen LogP contribution >= 0.6 is 0 Å². The van der Waals surface area contributed by atoms with Gasteiger partial charge in [-0.25, -0.2) is 4.98 Å². The van der Waals surface area contributed by atoms with Crippen molar-refractivity contribution in [3.8, 4) is 62.1 Å². The molecule has 0 spiro atoms. The van der Waals surface area contributed by atoms with Crippen molar-refractivity contribution in [1.82, 2.24) is 19.5 Å². The van der Waals surface area contributed by atoms with Crippen molar-refractivity contribution in [2.24, 2.45) is 0 Å². The summed E-state index contributed by atoms with van der Waals surface area (Å²) in [6.07, 6.45) is 0. The molecule has 0 bridgehead atoms. The molecule has 2 heterocycles. The highest BCUT2D eigenvalue weighted by Gasteiger charge is 2.23. The molecule has 0 unspecified atom stereocenters. The third kappa shape index (κ3) is 5.80. The van der Waals surface area contributed by atoms with Crippen LogP contribution in [0.3, 0.4) is 0 Å². The van der Waals surface area contributed by atoms with Gasteiger partial charge in [0, 0.05) is 27.5 Å². The molecule has 2 aromatic heterocycles. The van der Waals surface area contributed by atoms with Crippen LogP contribution in [0.25, 0.3) is 116 Å². The number of hydrogen-bond donors (Lipinski definition) is 0. The van der Waals surface area contributed by atoms with E-state index in [1.807, 2.05) is 127 Å².